The van der Waals surface area contributed by atoms with Gasteiger partial charge in [0.15, 0.2) is 0 Å². The first kappa shape index (κ1) is 10.4. The van der Waals surface area contributed by atoms with Gasteiger partial charge < -0.3 is 15.1 Å². The molecule has 2 heterocycles. The van der Waals surface area contributed by atoms with Crippen molar-refractivity contribution >= 4 is 5.69 Å². The molecule has 0 amide bonds. The average molecular weight is 228 g/mol. The number of hydrogen-bond acceptors (Lipinski definition) is 3. The van der Waals surface area contributed by atoms with E-state index in [0.717, 1.165) is 26.1 Å². The third-order valence-electron chi connectivity index (χ3n) is 3.12. The molecule has 0 saturated heterocycles. The molecular weight excluding hydrogens is 212 g/mol. The van der Waals surface area contributed by atoms with Crippen molar-refractivity contribution in [3.05, 3.63) is 53.5 Å². The van der Waals surface area contributed by atoms with Crippen molar-refractivity contribution in [2.45, 2.75) is 19.5 Å². The van der Waals surface area contributed by atoms with Gasteiger partial charge in [0.2, 0.25) is 0 Å². The molecule has 0 bridgehead atoms. The Labute approximate surface area is 101 Å². The van der Waals surface area contributed by atoms with Gasteiger partial charge in [0, 0.05) is 30.9 Å². The number of furan rings is 1. The third kappa shape index (κ3) is 2.34. The van der Waals surface area contributed by atoms with E-state index in [1.807, 2.05) is 6.07 Å². The predicted octanol–water partition coefficient (Wildman–Crippen LogP) is 2.54. The van der Waals surface area contributed by atoms with Gasteiger partial charge in [0.25, 0.3) is 0 Å². The molecule has 0 fully saturated rings. The molecule has 0 radical (unpaired) electrons. The van der Waals surface area contributed by atoms with Crippen LogP contribution in [0.25, 0.3) is 0 Å². The lowest BCUT2D eigenvalue weighted by Crippen LogP contribution is -2.12. The summed E-state index contributed by atoms with van der Waals surface area (Å²) in [5, 5.41) is 6.79. The molecule has 17 heavy (non-hydrogen) atoms. The Bertz CT molecular complexity index is 491. The lowest BCUT2D eigenvalue weighted by molar-refractivity contribution is 0.560. The zero-order valence-electron chi connectivity index (χ0n) is 9.70. The summed E-state index contributed by atoms with van der Waals surface area (Å²) in [5.74, 6) is 0. The molecule has 0 saturated carbocycles. The van der Waals surface area contributed by atoms with Crippen LogP contribution in [0.4, 0.5) is 5.69 Å². The van der Waals surface area contributed by atoms with Crippen molar-refractivity contribution < 1.29 is 4.42 Å². The van der Waals surface area contributed by atoms with Gasteiger partial charge >= 0.3 is 0 Å². The molecule has 88 valence electrons. The highest BCUT2D eigenvalue weighted by atomic mass is 16.3. The van der Waals surface area contributed by atoms with Gasteiger partial charge in [0.1, 0.15) is 0 Å². The maximum atomic E-state index is 5.03. The summed E-state index contributed by atoms with van der Waals surface area (Å²) in [7, 11) is 0. The Morgan fingerprint density at radius 1 is 1.18 bits per heavy atom. The van der Waals surface area contributed by atoms with Crippen LogP contribution in [0.2, 0.25) is 0 Å². The number of nitrogens with one attached hydrogen (secondary N) is 2. The van der Waals surface area contributed by atoms with Crippen molar-refractivity contribution in [3.8, 4) is 0 Å². The summed E-state index contributed by atoms with van der Waals surface area (Å²) in [4.78, 5) is 0. The quantitative estimate of drug-likeness (QED) is 0.844. The summed E-state index contributed by atoms with van der Waals surface area (Å²) in [5.41, 5.74) is 5.26. The Hall–Kier alpha value is -1.74. The van der Waals surface area contributed by atoms with E-state index in [2.05, 4.69) is 28.8 Å². The fourth-order valence-electron chi connectivity index (χ4n) is 2.21. The normalized spacial score (nSPS) is 13.4. The van der Waals surface area contributed by atoms with Crippen LogP contribution in [0.5, 0.6) is 0 Å². The molecule has 2 N–H and O–H groups in total. The second-order valence-electron chi connectivity index (χ2n) is 4.40. The molecule has 0 unspecified atom stereocenters. The smallest absolute Gasteiger partial charge is 0.0947 e. The molecule has 0 atom stereocenters. The van der Waals surface area contributed by atoms with Crippen molar-refractivity contribution in [2.24, 2.45) is 0 Å². The molecule has 3 nitrogen and oxygen atoms in total. The first-order chi connectivity index (χ1) is 8.42. The van der Waals surface area contributed by atoms with Crippen LogP contribution in [0.3, 0.4) is 0 Å². The third-order valence-corrected chi connectivity index (χ3v) is 3.12. The van der Waals surface area contributed by atoms with E-state index < -0.39 is 0 Å². The van der Waals surface area contributed by atoms with Gasteiger partial charge in [-0.1, -0.05) is 12.1 Å². The molecule has 3 rings (SSSR count). The highest BCUT2D eigenvalue weighted by Gasteiger charge is 2.09. The van der Waals surface area contributed by atoms with E-state index in [1.54, 1.807) is 12.5 Å². The summed E-state index contributed by atoms with van der Waals surface area (Å²) in [6.45, 7) is 2.82. The molecule has 1 aliphatic rings. The molecular formula is C14H16N2O. The number of anilines is 1. The largest absolute Gasteiger partial charge is 0.472 e. The highest BCUT2D eigenvalue weighted by Crippen LogP contribution is 2.22. The van der Waals surface area contributed by atoms with E-state index >= 15 is 0 Å². The number of fused-ring (bicyclic) bond motifs is 1. The second-order valence-corrected chi connectivity index (χ2v) is 4.40. The lowest BCUT2D eigenvalue weighted by atomic mass is 10.1. The van der Waals surface area contributed by atoms with Crippen LogP contribution < -0.4 is 10.6 Å². The Kier molecular flexibility index (Phi) is 2.84. The van der Waals surface area contributed by atoms with Crippen LogP contribution >= 0.6 is 0 Å². The van der Waals surface area contributed by atoms with Crippen molar-refractivity contribution in [1.29, 1.82) is 0 Å². The predicted molar refractivity (Wildman–Crippen MR) is 67.9 cm³/mol. The van der Waals surface area contributed by atoms with Gasteiger partial charge in [-0.3, -0.25) is 0 Å². The van der Waals surface area contributed by atoms with E-state index in [4.69, 9.17) is 4.42 Å². The zero-order valence-corrected chi connectivity index (χ0v) is 9.70. The van der Waals surface area contributed by atoms with E-state index in [9.17, 15) is 0 Å². The first-order valence-corrected chi connectivity index (χ1v) is 5.99. The molecule has 3 heteroatoms. The fourth-order valence-corrected chi connectivity index (χ4v) is 2.21. The van der Waals surface area contributed by atoms with Crippen molar-refractivity contribution in [3.63, 3.8) is 0 Å². The highest BCUT2D eigenvalue weighted by molar-refractivity contribution is 5.56. The van der Waals surface area contributed by atoms with Gasteiger partial charge in [-0.25, -0.2) is 0 Å². The van der Waals surface area contributed by atoms with Crippen LogP contribution in [-0.4, -0.2) is 6.54 Å². The molecule has 0 aliphatic carbocycles. The van der Waals surface area contributed by atoms with Crippen LogP contribution in [0, 0.1) is 0 Å². The van der Waals surface area contributed by atoms with Crippen LogP contribution in [0.15, 0.2) is 41.2 Å². The molecule has 1 aromatic carbocycles. The van der Waals surface area contributed by atoms with E-state index in [-0.39, 0.29) is 0 Å². The average Bonchev–Trinajstić information content (AvgIpc) is 2.98. The summed E-state index contributed by atoms with van der Waals surface area (Å²) < 4.78 is 5.03. The first-order valence-electron chi connectivity index (χ1n) is 5.99. The minimum atomic E-state index is 0.853. The summed E-state index contributed by atoms with van der Waals surface area (Å²) in [6, 6.07) is 8.63. The SMILES string of the molecule is c1cc(CNCc2ccc3c(c2)CCN3)co1. The minimum absolute atomic E-state index is 0.853. The van der Waals surface area contributed by atoms with Gasteiger partial charge in [-0.05, 0) is 29.7 Å². The van der Waals surface area contributed by atoms with E-state index in [1.165, 1.54) is 22.4 Å². The van der Waals surface area contributed by atoms with Gasteiger partial charge in [-0.15, -0.1) is 0 Å². The monoisotopic (exact) mass is 228 g/mol. The Morgan fingerprint density at radius 3 is 3.00 bits per heavy atom. The zero-order chi connectivity index (χ0) is 11.5. The molecule has 0 spiro atoms. The fraction of sp³-hybridized carbons (Fsp3) is 0.286. The van der Waals surface area contributed by atoms with Crippen LogP contribution in [0.1, 0.15) is 16.7 Å². The number of hydrogen-bond donors (Lipinski definition) is 2. The standard InChI is InChI=1S/C14H16N2O/c1-2-14-13(3-5-16-14)7-11(1)8-15-9-12-4-6-17-10-12/h1-2,4,6-7,10,15-16H,3,5,8-9H2. The van der Waals surface area contributed by atoms with Crippen LogP contribution in [-0.2, 0) is 19.5 Å². The van der Waals surface area contributed by atoms with Crippen molar-refractivity contribution in [2.75, 3.05) is 11.9 Å². The molecule has 2 aromatic rings. The maximum absolute atomic E-state index is 5.03. The summed E-state index contributed by atoms with van der Waals surface area (Å²) in [6.07, 6.45) is 4.63. The number of rotatable bonds is 4. The molecule has 1 aromatic heterocycles. The number of benzene rings is 1. The maximum Gasteiger partial charge on any atom is 0.0947 e. The summed E-state index contributed by atoms with van der Waals surface area (Å²) >= 11 is 0. The lowest BCUT2D eigenvalue weighted by Gasteiger charge is -2.06. The Balaban J connectivity index is 1.58. The topological polar surface area (TPSA) is 37.2 Å². The van der Waals surface area contributed by atoms with Gasteiger partial charge in [-0.2, -0.15) is 0 Å². The van der Waals surface area contributed by atoms with Crippen molar-refractivity contribution in [1.82, 2.24) is 5.32 Å². The van der Waals surface area contributed by atoms with E-state index in [0.29, 0.717) is 0 Å². The second kappa shape index (κ2) is 4.63. The minimum Gasteiger partial charge on any atom is -0.472 e. The Morgan fingerprint density at radius 2 is 2.12 bits per heavy atom. The molecule has 1 aliphatic heterocycles. The van der Waals surface area contributed by atoms with Gasteiger partial charge in [0.05, 0.1) is 12.5 Å².